The summed E-state index contributed by atoms with van der Waals surface area (Å²) in [6, 6.07) is 2.76. The molecule has 0 saturated heterocycles. The Morgan fingerprint density at radius 1 is 1.47 bits per heavy atom. The highest BCUT2D eigenvalue weighted by Gasteiger charge is 2.20. The average molecular weight is 267 g/mol. The fourth-order valence-corrected chi connectivity index (χ4v) is 1.96. The Bertz CT molecular complexity index is 363. The minimum atomic E-state index is 0.707. The van der Waals surface area contributed by atoms with Crippen molar-refractivity contribution in [3.05, 3.63) is 17.5 Å². The predicted octanol–water partition coefficient (Wildman–Crippen LogP) is 1.78. The Morgan fingerprint density at radius 3 is 3.00 bits per heavy atom. The van der Waals surface area contributed by atoms with Crippen LogP contribution in [0, 0.1) is 0 Å². The number of likely N-dealkylation sites (N-methyl/N-ethyl adjacent to an activating group) is 1. The monoisotopic (exact) mass is 267 g/mol. The molecule has 0 unspecified atom stereocenters. The number of aromatic nitrogens is 1. The van der Waals surface area contributed by atoms with Crippen LogP contribution in [-0.2, 0) is 17.8 Å². The van der Waals surface area contributed by atoms with Gasteiger partial charge < -0.3 is 14.6 Å². The van der Waals surface area contributed by atoms with Gasteiger partial charge in [-0.3, -0.25) is 4.90 Å². The third-order valence-electron chi connectivity index (χ3n) is 3.34. The molecule has 0 aromatic carbocycles. The van der Waals surface area contributed by atoms with Crippen molar-refractivity contribution in [1.82, 2.24) is 15.4 Å². The van der Waals surface area contributed by atoms with Crippen molar-refractivity contribution in [2.24, 2.45) is 0 Å². The van der Waals surface area contributed by atoms with Gasteiger partial charge in [-0.05, 0) is 26.3 Å². The topological polar surface area (TPSA) is 50.5 Å². The zero-order valence-corrected chi connectivity index (χ0v) is 12.0. The molecule has 1 aromatic rings. The molecule has 1 N–H and O–H groups in total. The second kappa shape index (κ2) is 7.62. The molecule has 19 heavy (non-hydrogen) atoms. The molecule has 0 amide bonds. The minimum Gasteiger partial charge on any atom is -0.380 e. The zero-order chi connectivity index (χ0) is 13.5. The fourth-order valence-electron chi connectivity index (χ4n) is 1.96. The third-order valence-corrected chi connectivity index (χ3v) is 3.34. The number of hydrogen-bond acceptors (Lipinski definition) is 5. The summed E-state index contributed by atoms with van der Waals surface area (Å²) in [7, 11) is 0. The molecular formula is C14H25N3O2. The normalized spacial score (nSPS) is 15.3. The maximum absolute atomic E-state index is 5.38. The molecule has 0 aliphatic heterocycles. The molecule has 1 aromatic heterocycles. The van der Waals surface area contributed by atoms with Crippen LogP contribution in [0.3, 0.4) is 0 Å². The van der Waals surface area contributed by atoms with Gasteiger partial charge in [0.1, 0.15) is 0 Å². The van der Waals surface area contributed by atoms with Crippen LogP contribution >= 0.6 is 0 Å². The van der Waals surface area contributed by atoms with Crippen LogP contribution in [0.1, 0.15) is 38.1 Å². The van der Waals surface area contributed by atoms with Crippen molar-refractivity contribution in [3.8, 4) is 0 Å². The molecule has 1 aliphatic carbocycles. The SMILES string of the molecule is CCOCCN(CC)Cc1cc(CNC2CC2)no1. The van der Waals surface area contributed by atoms with Gasteiger partial charge in [-0.2, -0.15) is 0 Å². The first-order valence-electron chi connectivity index (χ1n) is 7.29. The average Bonchev–Trinajstić information content (AvgIpc) is 3.15. The van der Waals surface area contributed by atoms with Crippen LogP contribution in [0.15, 0.2) is 10.6 Å². The lowest BCUT2D eigenvalue weighted by Crippen LogP contribution is -2.26. The number of hydrogen-bond donors (Lipinski definition) is 1. The Balaban J connectivity index is 1.72. The van der Waals surface area contributed by atoms with Gasteiger partial charge in [-0.15, -0.1) is 0 Å². The van der Waals surface area contributed by atoms with Gasteiger partial charge in [0.2, 0.25) is 0 Å². The summed E-state index contributed by atoms with van der Waals surface area (Å²) in [6.45, 7) is 9.26. The second-order valence-corrected chi connectivity index (χ2v) is 5.01. The summed E-state index contributed by atoms with van der Waals surface area (Å²) in [6.07, 6.45) is 2.59. The summed E-state index contributed by atoms with van der Waals surface area (Å²) < 4.78 is 10.8. The highest BCUT2D eigenvalue weighted by molar-refractivity contribution is 5.05. The summed E-state index contributed by atoms with van der Waals surface area (Å²) in [5.41, 5.74) is 1.00. The highest BCUT2D eigenvalue weighted by Crippen LogP contribution is 2.19. The number of nitrogens with one attached hydrogen (secondary N) is 1. The van der Waals surface area contributed by atoms with Gasteiger partial charge in [0.25, 0.3) is 0 Å². The van der Waals surface area contributed by atoms with Crippen molar-refractivity contribution in [2.75, 3.05) is 26.3 Å². The van der Waals surface area contributed by atoms with Crippen LogP contribution in [0.5, 0.6) is 0 Å². The Morgan fingerprint density at radius 2 is 2.32 bits per heavy atom. The molecule has 1 fully saturated rings. The Labute approximate surface area is 115 Å². The van der Waals surface area contributed by atoms with Gasteiger partial charge in [0.05, 0.1) is 18.8 Å². The van der Waals surface area contributed by atoms with Crippen molar-refractivity contribution >= 4 is 0 Å². The van der Waals surface area contributed by atoms with Crippen LogP contribution in [0.25, 0.3) is 0 Å². The van der Waals surface area contributed by atoms with Gasteiger partial charge in [0.15, 0.2) is 5.76 Å². The molecule has 1 aliphatic rings. The molecule has 108 valence electrons. The summed E-state index contributed by atoms with van der Waals surface area (Å²) in [4.78, 5) is 2.30. The highest BCUT2D eigenvalue weighted by atomic mass is 16.5. The second-order valence-electron chi connectivity index (χ2n) is 5.01. The van der Waals surface area contributed by atoms with Crippen molar-refractivity contribution < 1.29 is 9.26 Å². The van der Waals surface area contributed by atoms with E-state index < -0.39 is 0 Å². The molecule has 5 nitrogen and oxygen atoms in total. The van der Waals surface area contributed by atoms with Gasteiger partial charge in [0, 0.05) is 31.8 Å². The van der Waals surface area contributed by atoms with Crippen molar-refractivity contribution in [3.63, 3.8) is 0 Å². The molecule has 2 rings (SSSR count). The molecule has 0 radical (unpaired) electrons. The molecule has 5 heteroatoms. The van der Waals surface area contributed by atoms with E-state index in [1.807, 2.05) is 6.92 Å². The number of rotatable bonds is 10. The van der Waals surface area contributed by atoms with Gasteiger partial charge in [-0.25, -0.2) is 0 Å². The first-order valence-corrected chi connectivity index (χ1v) is 7.29. The predicted molar refractivity (Wildman–Crippen MR) is 73.8 cm³/mol. The summed E-state index contributed by atoms with van der Waals surface area (Å²) in [5, 5.41) is 7.54. The lowest BCUT2D eigenvalue weighted by Gasteiger charge is -2.18. The Kier molecular flexibility index (Phi) is 5.82. The van der Waals surface area contributed by atoms with E-state index in [4.69, 9.17) is 9.26 Å². The van der Waals surface area contributed by atoms with Crippen molar-refractivity contribution in [2.45, 2.75) is 45.8 Å². The number of ether oxygens (including phenoxy) is 1. The molecule has 1 saturated carbocycles. The van der Waals surface area contributed by atoms with E-state index in [2.05, 4.69) is 28.4 Å². The fraction of sp³-hybridized carbons (Fsp3) is 0.786. The quantitative estimate of drug-likeness (QED) is 0.655. The summed E-state index contributed by atoms with van der Waals surface area (Å²) in [5.74, 6) is 0.936. The van der Waals surface area contributed by atoms with E-state index in [-0.39, 0.29) is 0 Å². The standard InChI is InChI=1S/C14H25N3O2/c1-3-17(7-8-18-4-2)11-14-9-13(16-19-14)10-15-12-5-6-12/h9,12,15H,3-8,10-11H2,1-2H3. The van der Waals surface area contributed by atoms with Crippen molar-refractivity contribution in [1.29, 1.82) is 0 Å². The first-order chi connectivity index (χ1) is 9.31. The zero-order valence-electron chi connectivity index (χ0n) is 12.0. The van der Waals surface area contributed by atoms with Crippen LogP contribution in [0.4, 0.5) is 0 Å². The van der Waals surface area contributed by atoms with E-state index in [9.17, 15) is 0 Å². The lowest BCUT2D eigenvalue weighted by molar-refractivity contribution is 0.109. The molecular weight excluding hydrogens is 242 g/mol. The van der Waals surface area contributed by atoms with Gasteiger partial charge in [-0.1, -0.05) is 12.1 Å². The smallest absolute Gasteiger partial charge is 0.151 e. The van der Waals surface area contributed by atoms with E-state index in [1.165, 1.54) is 12.8 Å². The van der Waals surface area contributed by atoms with Crippen LogP contribution in [0.2, 0.25) is 0 Å². The van der Waals surface area contributed by atoms with Crippen LogP contribution < -0.4 is 5.32 Å². The minimum absolute atomic E-state index is 0.707. The third kappa shape index (κ3) is 5.30. The Hall–Kier alpha value is -0.910. The largest absolute Gasteiger partial charge is 0.380 e. The summed E-state index contributed by atoms with van der Waals surface area (Å²) >= 11 is 0. The lowest BCUT2D eigenvalue weighted by atomic mass is 10.3. The first kappa shape index (κ1) is 14.5. The molecule has 0 spiro atoms. The van der Waals surface area contributed by atoms with E-state index in [0.29, 0.717) is 6.04 Å². The van der Waals surface area contributed by atoms with E-state index in [0.717, 1.165) is 50.8 Å². The van der Waals surface area contributed by atoms with Crippen LogP contribution in [-0.4, -0.2) is 42.4 Å². The number of nitrogens with zero attached hydrogens (tertiary/aromatic N) is 2. The van der Waals surface area contributed by atoms with E-state index in [1.54, 1.807) is 0 Å². The molecule has 1 heterocycles. The molecule has 0 atom stereocenters. The maximum atomic E-state index is 5.38. The maximum Gasteiger partial charge on any atom is 0.151 e. The van der Waals surface area contributed by atoms with E-state index >= 15 is 0 Å². The molecule has 0 bridgehead atoms. The van der Waals surface area contributed by atoms with Gasteiger partial charge >= 0.3 is 0 Å².